The van der Waals surface area contributed by atoms with Crippen molar-refractivity contribution in [2.75, 3.05) is 18.0 Å². The second kappa shape index (κ2) is 5.03. The lowest BCUT2D eigenvalue weighted by Crippen LogP contribution is -2.39. The Kier molecular flexibility index (Phi) is 3.97. The highest BCUT2D eigenvalue weighted by atomic mass is 79.9. The van der Waals surface area contributed by atoms with Crippen molar-refractivity contribution in [1.29, 1.82) is 0 Å². The summed E-state index contributed by atoms with van der Waals surface area (Å²) in [5, 5.41) is 7.86. The Hall–Kier alpha value is -1.22. The van der Waals surface area contributed by atoms with E-state index in [1.165, 1.54) is 16.2 Å². The van der Waals surface area contributed by atoms with Crippen molar-refractivity contribution in [3.63, 3.8) is 0 Å². The molecular formula is C6H8BrN5O2S. The molecule has 2 amide bonds. The first-order valence-electron chi connectivity index (χ1n) is 3.79. The Morgan fingerprint density at radius 2 is 1.80 bits per heavy atom. The number of anilines is 1. The van der Waals surface area contributed by atoms with Gasteiger partial charge in [-0.2, -0.15) is 0 Å². The maximum Gasteiger partial charge on any atom is 0.237 e. The molecule has 0 aliphatic carbocycles. The summed E-state index contributed by atoms with van der Waals surface area (Å²) in [6.07, 6.45) is 0. The van der Waals surface area contributed by atoms with Gasteiger partial charge in [-0.05, 0) is 15.9 Å². The number of rotatable bonds is 5. The van der Waals surface area contributed by atoms with Gasteiger partial charge in [-0.25, -0.2) is 0 Å². The van der Waals surface area contributed by atoms with Gasteiger partial charge in [-0.3, -0.25) is 9.59 Å². The molecule has 0 spiro atoms. The van der Waals surface area contributed by atoms with Crippen LogP contribution in [0.15, 0.2) is 3.92 Å². The maximum atomic E-state index is 10.7. The van der Waals surface area contributed by atoms with Gasteiger partial charge in [0.15, 0.2) is 3.92 Å². The number of nitrogens with two attached hydrogens (primary N) is 2. The minimum absolute atomic E-state index is 0.120. The van der Waals surface area contributed by atoms with Gasteiger partial charge in [0.05, 0.1) is 13.1 Å². The molecule has 7 nitrogen and oxygen atoms in total. The normalized spacial score (nSPS) is 9.93. The molecule has 4 N–H and O–H groups in total. The minimum atomic E-state index is -0.567. The summed E-state index contributed by atoms with van der Waals surface area (Å²) in [6, 6.07) is 0. The zero-order valence-electron chi connectivity index (χ0n) is 7.51. The largest absolute Gasteiger partial charge is 0.368 e. The molecule has 0 bridgehead atoms. The van der Waals surface area contributed by atoms with Crippen molar-refractivity contribution in [2.24, 2.45) is 11.5 Å². The molecule has 1 aromatic heterocycles. The van der Waals surface area contributed by atoms with Crippen LogP contribution in [0.4, 0.5) is 5.13 Å². The number of nitrogens with zero attached hydrogens (tertiary/aromatic N) is 3. The number of halogens is 1. The van der Waals surface area contributed by atoms with E-state index in [1.807, 2.05) is 0 Å². The van der Waals surface area contributed by atoms with Crippen molar-refractivity contribution in [3.05, 3.63) is 3.92 Å². The van der Waals surface area contributed by atoms with Gasteiger partial charge in [-0.15, -0.1) is 10.2 Å². The van der Waals surface area contributed by atoms with Crippen molar-refractivity contribution in [1.82, 2.24) is 10.2 Å². The molecule has 0 fully saturated rings. The molecule has 0 aromatic carbocycles. The summed E-state index contributed by atoms with van der Waals surface area (Å²) in [4.78, 5) is 22.9. The number of primary amides is 2. The predicted molar refractivity (Wildman–Crippen MR) is 58.2 cm³/mol. The average molecular weight is 294 g/mol. The van der Waals surface area contributed by atoms with Crippen LogP contribution in [0.25, 0.3) is 0 Å². The molecule has 82 valence electrons. The first-order valence-corrected chi connectivity index (χ1v) is 5.40. The van der Waals surface area contributed by atoms with E-state index in [4.69, 9.17) is 11.5 Å². The molecule has 0 aliphatic heterocycles. The fourth-order valence-corrected chi connectivity index (χ4v) is 1.98. The van der Waals surface area contributed by atoms with Crippen molar-refractivity contribution >= 4 is 44.2 Å². The minimum Gasteiger partial charge on any atom is -0.368 e. The Labute approximate surface area is 97.6 Å². The van der Waals surface area contributed by atoms with Crippen LogP contribution in [0.5, 0.6) is 0 Å². The molecule has 0 saturated carbocycles. The van der Waals surface area contributed by atoms with Crippen LogP contribution in [0.3, 0.4) is 0 Å². The third kappa shape index (κ3) is 3.80. The predicted octanol–water partition coefficient (Wildman–Crippen LogP) is -0.922. The Morgan fingerprint density at radius 1 is 1.27 bits per heavy atom. The van der Waals surface area contributed by atoms with Gasteiger partial charge >= 0.3 is 0 Å². The second-order valence-electron chi connectivity index (χ2n) is 2.63. The fraction of sp³-hybridized carbons (Fsp3) is 0.333. The highest BCUT2D eigenvalue weighted by molar-refractivity contribution is 9.11. The van der Waals surface area contributed by atoms with Crippen molar-refractivity contribution < 1.29 is 9.59 Å². The molecule has 1 aromatic rings. The van der Waals surface area contributed by atoms with E-state index in [0.29, 0.717) is 9.05 Å². The lowest BCUT2D eigenvalue weighted by Gasteiger charge is -2.16. The number of carbonyl (C=O) groups excluding carboxylic acids is 2. The van der Waals surface area contributed by atoms with Gasteiger partial charge < -0.3 is 16.4 Å². The average Bonchev–Trinajstić information content (AvgIpc) is 2.48. The van der Waals surface area contributed by atoms with Crippen LogP contribution in [-0.2, 0) is 9.59 Å². The molecule has 0 atom stereocenters. The molecule has 0 radical (unpaired) electrons. The molecular weight excluding hydrogens is 286 g/mol. The lowest BCUT2D eigenvalue weighted by atomic mass is 10.5. The lowest BCUT2D eigenvalue weighted by molar-refractivity contribution is -0.117. The van der Waals surface area contributed by atoms with E-state index in [1.54, 1.807) is 0 Å². The van der Waals surface area contributed by atoms with Crippen LogP contribution < -0.4 is 16.4 Å². The zero-order valence-corrected chi connectivity index (χ0v) is 9.92. The zero-order chi connectivity index (χ0) is 11.4. The SMILES string of the molecule is NC(=O)CN(CC(N)=O)c1nnc(Br)s1. The summed E-state index contributed by atoms with van der Waals surface area (Å²) in [6.45, 7) is -0.241. The van der Waals surface area contributed by atoms with E-state index in [2.05, 4.69) is 26.1 Å². The van der Waals surface area contributed by atoms with Gasteiger partial charge in [0.1, 0.15) is 0 Å². The molecule has 9 heteroatoms. The third-order valence-electron chi connectivity index (χ3n) is 1.35. The van der Waals surface area contributed by atoms with E-state index >= 15 is 0 Å². The maximum absolute atomic E-state index is 10.7. The van der Waals surface area contributed by atoms with E-state index in [0.717, 1.165) is 0 Å². The van der Waals surface area contributed by atoms with Crippen LogP contribution in [0, 0.1) is 0 Å². The fourth-order valence-electron chi connectivity index (χ4n) is 0.893. The van der Waals surface area contributed by atoms with Crippen LogP contribution in [0.2, 0.25) is 0 Å². The first-order chi connectivity index (χ1) is 6.99. The van der Waals surface area contributed by atoms with Crippen molar-refractivity contribution in [3.8, 4) is 0 Å². The van der Waals surface area contributed by atoms with E-state index < -0.39 is 11.8 Å². The number of aromatic nitrogens is 2. The molecule has 0 aliphatic rings. The number of carbonyl (C=O) groups is 2. The molecule has 1 rings (SSSR count). The monoisotopic (exact) mass is 293 g/mol. The standard InChI is InChI=1S/C6H8BrN5O2S/c7-5-10-11-6(15-5)12(1-3(8)13)2-4(9)14/h1-2H2,(H2,8,13)(H2,9,14). The Bertz CT molecular complexity index is 365. The number of amides is 2. The van der Waals surface area contributed by atoms with Crippen molar-refractivity contribution in [2.45, 2.75) is 0 Å². The Balaban J connectivity index is 2.80. The smallest absolute Gasteiger partial charge is 0.237 e. The first kappa shape index (κ1) is 11.9. The van der Waals surface area contributed by atoms with Crippen LogP contribution in [0.1, 0.15) is 0 Å². The topological polar surface area (TPSA) is 115 Å². The molecule has 0 saturated heterocycles. The van der Waals surface area contributed by atoms with E-state index in [-0.39, 0.29) is 13.1 Å². The Morgan fingerprint density at radius 3 is 2.13 bits per heavy atom. The molecule has 0 unspecified atom stereocenters. The van der Waals surface area contributed by atoms with Crippen LogP contribution in [-0.4, -0.2) is 35.1 Å². The summed E-state index contributed by atoms with van der Waals surface area (Å²) in [7, 11) is 0. The molecule has 1 heterocycles. The number of hydrogen-bond donors (Lipinski definition) is 2. The van der Waals surface area contributed by atoms with Gasteiger partial charge in [0.25, 0.3) is 0 Å². The summed E-state index contributed by atoms with van der Waals surface area (Å²) in [5.74, 6) is -1.13. The summed E-state index contributed by atoms with van der Waals surface area (Å²) < 4.78 is 0.552. The quantitative estimate of drug-likeness (QED) is 0.728. The second-order valence-corrected chi connectivity index (χ2v) is 4.86. The van der Waals surface area contributed by atoms with Gasteiger partial charge in [0.2, 0.25) is 16.9 Å². The molecule has 15 heavy (non-hydrogen) atoms. The van der Waals surface area contributed by atoms with Gasteiger partial charge in [0, 0.05) is 0 Å². The number of hydrogen-bond acceptors (Lipinski definition) is 6. The highest BCUT2D eigenvalue weighted by Crippen LogP contribution is 2.23. The highest BCUT2D eigenvalue weighted by Gasteiger charge is 2.16. The van der Waals surface area contributed by atoms with Gasteiger partial charge in [-0.1, -0.05) is 11.3 Å². The summed E-state index contributed by atoms with van der Waals surface area (Å²) in [5.41, 5.74) is 10.1. The van der Waals surface area contributed by atoms with Crippen LogP contribution >= 0.6 is 27.3 Å². The summed E-state index contributed by atoms with van der Waals surface area (Å²) >= 11 is 4.30. The van der Waals surface area contributed by atoms with E-state index in [9.17, 15) is 9.59 Å². The third-order valence-corrected chi connectivity index (χ3v) is 2.77.